The summed E-state index contributed by atoms with van der Waals surface area (Å²) in [4.78, 5) is 0. The summed E-state index contributed by atoms with van der Waals surface area (Å²) in [5.74, 6) is 0.882. The van der Waals surface area contributed by atoms with Gasteiger partial charge in [0.1, 0.15) is 0 Å². The Kier molecular flexibility index (Phi) is 14.9. The Morgan fingerprint density at radius 1 is 0.778 bits per heavy atom. The maximum Gasteiger partial charge on any atom is -0.00207 e. The smallest absolute Gasteiger partial charge is 0.00207 e. The van der Waals surface area contributed by atoms with Crippen LogP contribution < -0.4 is 11.1 Å². The molecule has 0 aromatic rings. The van der Waals surface area contributed by atoms with Crippen LogP contribution in [0.4, 0.5) is 0 Å². The predicted molar refractivity (Wildman–Crippen MR) is 82.9 cm³/mol. The van der Waals surface area contributed by atoms with Gasteiger partial charge in [0.15, 0.2) is 0 Å². The topological polar surface area (TPSA) is 38.0 Å². The van der Waals surface area contributed by atoms with Crippen LogP contribution in [0.2, 0.25) is 0 Å². The molecule has 0 rings (SSSR count). The second-order valence-electron chi connectivity index (χ2n) is 5.50. The van der Waals surface area contributed by atoms with E-state index in [-0.39, 0.29) is 0 Å². The average molecular weight is 256 g/mol. The van der Waals surface area contributed by atoms with Crippen LogP contribution in [0.15, 0.2) is 0 Å². The molecule has 0 radical (unpaired) electrons. The molecular weight excluding hydrogens is 220 g/mol. The van der Waals surface area contributed by atoms with Crippen LogP contribution in [0, 0.1) is 5.92 Å². The Morgan fingerprint density at radius 3 is 1.78 bits per heavy atom. The molecule has 0 aromatic carbocycles. The van der Waals surface area contributed by atoms with Gasteiger partial charge in [-0.1, -0.05) is 65.2 Å². The van der Waals surface area contributed by atoms with E-state index in [2.05, 4.69) is 19.2 Å². The van der Waals surface area contributed by atoms with Crippen molar-refractivity contribution in [2.24, 2.45) is 11.7 Å². The maximum absolute atomic E-state index is 5.47. The highest BCUT2D eigenvalue weighted by Gasteiger charge is 2.01. The van der Waals surface area contributed by atoms with Gasteiger partial charge in [0.05, 0.1) is 0 Å². The maximum atomic E-state index is 5.47. The third-order valence-electron chi connectivity index (χ3n) is 3.90. The lowest BCUT2D eigenvalue weighted by Crippen LogP contribution is -2.23. The molecule has 0 unspecified atom stereocenters. The second-order valence-corrected chi connectivity index (χ2v) is 5.50. The van der Waals surface area contributed by atoms with E-state index < -0.39 is 0 Å². The van der Waals surface area contributed by atoms with Crippen molar-refractivity contribution in [2.75, 3.05) is 19.6 Å². The highest BCUT2D eigenvalue weighted by molar-refractivity contribution is 4.58. The molecular formula is C16H36N2. The lowest BCUT2D eigenvalue weighted by Gasteiger charge is -2.12. The van der Waals surface area contributed by atoms with E-state index in [4.69, 9.17) is 5.73 Å². The molecule has 0 aliphatic rings. The van der Waals surface area contributed by atoms with Gasteiger partial charge in [-0.25, -0.2) is 0 Å². The molecule has 0 aliphatic heterocycles. The highest BCUT2D eigenvalue weighted by Crippen LogP contribution is 2.08. The molecule has 0 aliphatic carbocycles. The van der Waals surface area contributed by atoms with Crippen LogP contribution in [0.3, 0.4) is 0 Å². The first-order valence-corrected chi connectivity index (χ1v) is 8.25. The molecule has 2 heteroatoms. The largest absolute Gasteiger partial charge is 0.330 e. The zero-order valence-corrected chi connectivity index (χ0v) is 12.8. The van der Waals surface area contributed by atoms with Crippen molar-refractivity contribution < 1.29 is 0 Å². The SMILES string of the molecule is CCC(CC)CNCCCCCCCCCCN. The van der Waals surface area contributed by atoms with Crippen LogP contribution in [0.5, 0.6) is 0 Å². The van der Waals surface area contributed by atoms with E-state index in [1.165, 1.54) is 77.3 Å². The van der Waals surface area contributed by atoms with E-state index >= 15 is 0 Å². The van der Waals surface area contributed by atoms with Gasteiger partial charge < -0.3 is 11.1 Å². The van der Waals surface area contributed by atoms with Crippen molar-refractivity contribution in [3.05, 3.63) is 0 Å². The normalized spacial score (nSPS) is 11.3. The minimum Gasteiger partial charge on any atom is -0.330 e. The lowest BCUT2D eigenvalue weighted by atomic mass is 10.0. The molecule has 18 heavy (non-hydrogen) atoms. The van der Waals surface area contributed by atoms with Crippen LogP contribution in [-0.2, 0) is 0 Å². The summed E-state index contributed by atoms with van der Waals surface area (Å²) >= 11 is 0. The molecule has 0 aromatic heterocycles. The van der Waals surface area contributed by atoms with Crippen molar-refractivity contribution in [3.8, 4) is 0 Å². The Labute approximate surface area is 115 Å². The molecule has 0 saturated heterocycles. The van der Waals surface area contributed by atoms with Crippen molar-refractivity contribution in [1.29, 1.82) is 0 Å². The Bertz CT molecular complexity index is 144. The van der Waals surface area contributed by atoms with Gasteiger partial charge in [-0.3, -0.25) is 0 Å². The quantitative estimate of drug-likeness (QED) is 0.459. The number of hydrogen-bond acceptors (Lipinski definition) is 2. The minimum atomic E-state index is 0.863. The van der Waals surface area contributed by atoms with Crippen LogP contribution in [0.25, 0.3) is 0 Å². The van der Waals surface area contributed by atoms with Crippen LogP contribution in [-0.4, -0.2) is 19.6 Å². The third kappa shape index (κ3) is 12.4. The minimum absolute atomic E-state index is 0.863. The third-order valence-corrected chi connectivity index (χ3v) is 3.90. The van der Waals surface area contributed by atoms with Gasteiger partial charge in [-0.2, -0.15) is 0 Å². The summed E-state index contributed by atoms with van der Waals surface area (Å²) < 4.78 is 0. The fourth-order valence-corrected chi connectivity index (χ4v) is 2.34. The Balaban J connectivity index is 3.03. The Hall–Kier alpha value is -0.0800. The standard InChI is InChI=1S/C16H36N2/c1-3-16(4-2)15-18-14-12-10-8-6-5-7-9-11-13-17/h16,18H,3-15,17H2,1-2H3. The summed E-state index contributed by atoms with van der Waals surface area (Å²) in [5, 5.41) is 3.59. The average Bonchev–Trinajstić information content (AvgIpc) is 2.40. The zero-order valence-electron chi connectivity index (χ0n) is 12.8. The van der Waals surface area contributed by atoms with Gasteiger partial charge in [0.25, 0.3) is 0 Å². The summed E-state index contributed by atoms with van der Waals surface area (Å²) in [6.07, 6.45) is 13.5. The molecule has 3 N–H and O–H groups in total. The molecule has 0 amide bonds. The van der Waals surface area contributed by atoms with E-state index in [1.807, 2.05) is 0 Å². The first kappa shape index (κ1) is 17.9. The molecule has 0 spiro atoms. The molecule has 0 atom stereocenters. The van der Waals surface area contributed by atoms with E-state index in [9.17, 15) is 0 Å². The fraction of sp³-hybridized carbons (Fsp3) is 1.00. The molecule has 0 bridgehead atoms. The Morgan fingerprint density at radius 2 is 1.28 bits per heavy atom. The number of nitrogens with one attached hydrogen (secondary N) is 1. The first-order chi connectivity index (χ1) is 8.85. The molecule has 110 valence electrons. The summed E-state index contributed by atoms with van der Waals surface area (Å²) in [7, 11) is 0. The number of hydrogen-bond donors (Lipinski definition) is 2. The van der Waals surface area contributed by atoms with Crippen molar-refractivity contribution in [2.45, 2.75) is 78.1 Å². The van der Waals surface area contributed by atoms with Gasteiger partial charge in [0, 0.05) is 0 Å². The molecule has 0 fully saturated rings. The molecule has 0 saturated carbocycles. The van der Waals surface area contributed by atoms with Crippen molar-refractivity contribution in [3.63, 3.8) is 0 Å². The fourth-order valence-electron chi connectivity index (χ4n) is 2.34. The second kappa shape index (κ2) is 15.0. The number of nitrogens with two attached hydrogens (primary N) is 1. The van der Waals surface area contributed by atoms with Crippen LogP contribution in [0.1, 0.15) is 78.1 Å². The van der Waals surface area contributed by atoms with E-state index in [0.717, 1.165) is 12.5 Å². The van der Waals surface area contributed by atoms with Gasteiger partial charge in [-0.05, 0) is 38.4 Å². The number of unbranched alkanes of at least 4 members (excludes halogenated alkanes) is 7. The molecule has 0 heterocycles. The van der Waals surface area contributed by atoms with Gasteiger partial charge >= 0.3 is 0 Å². The van der Waals surface area contributed by atoms with Crippen molar-refractivity contribution >= 4 is 0 Å². The van der Waals surface area contributed by atoms with Crippen molar-refractivity contribution in [1.82, 2.24) is 5.32 Å². The van der Waals surface area contributed by atoms with Crippen LogP contribution >= 0.6 is 0 Å². The van der Waals surface area contributed by atoms with Gasteiger partial charge in [0.2, 0.25) is 0 Å². The van der Waals surface area contributed by atoms with E-state index in [1.54, 1.807) is 0 Å². The summed E-state index contributed by atoms with van der Waals surface area (Å²) in [5.41, 5.74) is 5.47. The predicted octanol–water partition coefficient (Wildman–Crippen LogP) is 4.09. The summed E-state index contributed by atoms with van der Waals surface area (Å²) in [6, 6.07) is 0. The van der Waals surface area contributed by atoms with Gasteiger partial charge in [-0.15, -0.1) is 0 Å². The zero-order chi connectivity index (χ0) is 13.5. The highest BCUT2D eigenvalue weighted by atomic mass is 14.8. The first-order valence-electron chi connectivity index (χ1n) is 8.25. The lowest BCUT2D eigenvalue weighted by molar-refractivity contribution is 0.443. The molecule has 2 nitrogen and oxygen atoms in total. The van der Waals surface area contributed by atoms with E-state index in [0.29, 0.717) is 0 Å². The monoisotopic (exact) mass is 256 g/mol. The number of rotatable bonds is 14. The summed E-state index contributed by atoms with van der Waals surface area (Å²) in [6.45, 7) is 7.87.